The number of methoxy groups -OCH3 is 2. The highest BCUT2D eigenvalue weighted by molar-refractivity contribution is 5.95. The van der Waals surface area contributed by atoms with Gasteiger partial charge in [-0.15, -0.1) is 0 Å². The molecule has 3 rings (SSSR count). The number of benzene rings is 2. The fourth-order valence-corrected chi connectivity index (χ4v) is 3.86. The Balaban J connectivity index is 2.01. The molecule has 3 aromatic rings. The predicted molar refractivity (Wildman–Crippen MR) is 136 cm³/mol. The van der Waals surface area contributed by atoms with Gasteiger partial charge in [0.25, 0.3) is 5.56 Å². The van der Waals surface area contributed by atoms with Gasteiger partial charge in [0.2, 0.25) is 5.91 Å². The fraction of sp³-hybridized carbons (Fsp3) is 0.346. The Morgan fingerprint density at radius 1 is 1.03 bits per heavy atom. The van der Waals surface area contributed by atoms with Crippen molar-refractivity contribution < 1.29 is 14.3 Å². The minimum absolute atomic E-state index is 0.0216. The average Bonchev–Trinajstić information content (AvgIpc) is 2.83. The quantitative estimate of drug-likeness (QED) is 0.461. The van der Waals surface area contributed by atoms with Crippen molar-refractivity contribution in [2.75, 3.05) is 31.4 Å². The van der Waals surface area contributed by atoms with E-state index in [0.717, 1.165) is 11.1 Å². The van der Waals surface area contributed by atoms with E-state index in [1.54, 1.807) is 20.3 Å². The van der Waals surface area contributed by atoms with Crippen LogP contribution in [-0.4, -0.2) is 36.2 Å². The van der Waals surface area contributed by atoms with Crippen LogP contribution >= 0.6 is 0 Å². The van der Waals surface area contributed by atoms with Crippen molar-refractivity contribution in [1.29, 1.82) is 0 Å². The lowest BCUT2D eigenvalue weighted by Gasteiger charge is -2.25. The summed E-state index contributed by atoms with van der Waals surface area (Å²) >= 11 is 0. The third-order valence-electron chi connectivity index (χ3n) is 5.62. The van der Waals surface area contributed by atoms with E-state index in [9.17, 15) is 14.4 Å². The number of hydrogen-bond acceptors (Lipinski definition) is 6. The molecule has 1 amide bonds. The maximum Gasteiger partial charge on any atom is 0.330 e. The molecule has 0 fully saturated rings. The molecule has 0 atom stereocenters. The molecule has 3 N–H and O–H groups in total. The maximum absolute atomic E-state index is 13.2. The molecule has 0 unspecified atom stereocenters. The van der Waals surface area contributed by atoms with Crippen LogP contribution in [0, 0.1) is 5.92 Å². The second-order valence-electron chi connectivity index (χ2n) is 8.65. The molecule has 0 saturated heterocycles. The summed E-state index contributed by atoms with van der Waals surface area (Å²) in [5, 5.41) is 0. The molecule has 0 spiro atoms. The van der Waals surface area contributed by atoms with Crippen LogP contribution in [-0.2, 0) is 17.8 Å². The maximum atomic E-state index is 13.2. The van der Waals surface area contributed by atoms with Crippen molar-refractivity contribution in [2.45, 2.75) is 33.2 Å². The Morgan fingerprint density at radius 3 is 2.34 bits per heavy atom. The summed E-state index contributed by atoms with van der Waals surface area (Å²) in [5.41, 5.74) is 6.75. The number of nitrogen functional groups attached to an aromatic ring is 1. The van der Waals surface area contributed by atoms with E-state index in [1.165, 1.54) is 9.47 Å². The van der Waals surface area contributed by atoms with E-state index in [0.29, 0.717) is 17.9 Å². The molecule has 0 radical (unpaired) electrons. The Kier molecular flexibility index (Phi) is 8.35. The summed E-state index contributed by atoms with van der Waals surface area (Å²) in [6.45, 7) is 4.21. The highest BCUT2D eigenvalue weighted by atomic mass is 16.5. The lowest BCUT2D eigenvalue weighted by atomic mass is 10.1. The number of nitrogens with one attached hydrogen (secondary N) is 1. The van der Waals surface area contributed by atoms with Crippen LogP contribution in [0.5, 0.6) is 11.5 Å². The monoisotopic (exact) mass is 480 g/mol. The fourth-order valence-electron chi connectivity index (χ4n) is 3.86. The Morgan fingerprint density at radius 2 is 1.71 bits per heavy atom. The first-order valence-electron chi connectivity index (χ1n) is 11.4. The zero-order valence-corrected chi connectivity index (χ0v) is 20.5. The number of anilines is 2. The number of H-pyrrole nitrogens is 1. The first-order valence-corrected chi connectivity index (χ1v) is 11.4. The molecule has 0 aliphatic rings. The van der Waals surface area contributed by atoms with Crippen LogP contribution in [0.15, 0.2) is 58.1 Å². The number of aromatic nitrogens is 2. The third kappa shape index (κ3) is 6.11. The number of nitrogens with zero attached hydrogens (tertiary/aromatic N) is 2. The Hall–Kier alpha value is -4.01. The zero-order valence-electron chi connectivity index (χ0n) is 20.5. The van der Waals surface area contributed by atoms with E-state index in [2.05, 4.69) is 4.98 Å². The lowest BCUT2D eigenvalue weighted by Crippen LogP contribution is -2.42. The van der Waals surface area contributed by atoms with Gasteiger partial charge in [0.1, 0.15) is 5.82 Å². The molecular weight excluding hydrogens is 448 g/mol. The largest absolute Gasteiger partial charge is 0.493 e. The summed E-state index contributed by atoms with van der Waals surface area (Å²) in [6, 6.07) is 14.8. The standard InChI is InChI=1S/C26H32N4O5/c1-17(2)14-22(31)29(13-12-18-10-11-20(34-3)21(15-18)35-4)23-24(27)30(26(33)28-25(23)32)16-19-8-6-5-7-9-19/h5-11,15,17H,12-14,16,27H2,1-4H3,(H,28,32,33). The van der Waals surface area contributed by atoms with Crippen LogP contribution in [0.3, 0.4) is 0 Å². The molecule has 9 heteroatoms. The molecule has 1 aromatic heterocycles. The molecule has 0 saturated carbocycles. The van der Waals surface area contributed by atoms with E-state index < -0.39 is 11.2 Å². The van der Waals surface area contributed by atoms with Gasteiger partial charge in [-0.1, -0.05) is 50.2 Å². The van der Waals surface area contributed by atoms with E-state index in [1.807, 2.05) is 56.3 Å². The zero-order chi connectivity index (χ0) is 25.5. The predicted octanol–water partition coefficient (Wildman–Crippen LogP) is 2.81. The van der Waals surface area contributed by atoms with Crippen molar-refractivity contribution in [3.63, 3.8) is 0 Å². The summed E-state index contributed by atoms with van der Waals surface area (Å²) in [6.07, 6.45) is 0.656. The van der Waals surface area contributed by atoms with Gasteiger partial charge in [-0.05, 0) is 35.6 Å². The summed E-state index contributed by atoms with van der Waals surface area (Å²) in [5.74, 6) is 0.938. The van der Waals surface area contributed by atoms with Crippen LogP contribution in [0.2, 0.25) is 0 Å². The van der Waals surface area contributed by atoms with E-state index in [4.69, 9.17) is 15.2 Å². The number of amides is 1. The lowest BCUT2D eigenvalue weighted by molar-refractivity contribution is -0.119. The Labute approximate surface area is 204 Å². The van der Waals surface area contributed by atoms with E-state index in [-0.39, 0.29) is 42.8 Å². The molecular formula is C26H32N4O5. The van der Waals surface area contributed by atoms with Gasteiger partial charge in [0, 0.05) is 13.0 Å². The Bertz CT molecular complexity index is 1280. The average molecular weight is 481 g/mol. The summed E-state index contributed by atoms with van der Waals surface area (Å²) in [7, 11) is 3.11. The number of carbonyl (C=O) groups excluding carboxylic acids is 1. The molecule has 2 aromatic carbocycles. The van der Waals surface area contributed by atoms with Gasteiger partial charge in [-0.3, -0.25) is 19.1 Å². The second kappa shape index (κ2) is 11.4. The van der Waals surface area contributed by atoms with E-state index >= 15 is 0 Å². The van der Waals surface area contributed by atoms with Crippen molar-refractivity contribution in [1.82, 2.24) is 9.55 Å². The highest BCUT2D eigenvalue weighted by Gasteiger charge is 2.25. The number of aromatic amines is 1. The summed E-state index contributed by atoms with van der Waals surface area (Å²) < 4.78 is 11.9. The van der Waals surface area contributed by atoms with Crippen molar-refractivity contribution in [3.05, 3.63) is 80.5 Å². The summed E-state index contributed by atoms with van der Waals surface area (Å²) in [4.78, 5) is 42.5. The van der Waals surface area contributed by atoms with Crippen molar-refractivity contribution in [2.24, 2.45) is 5.92 Å². The van der Waals surface area contributed by atoms with Gasteiger partial charge in [0.05, 0.1) is 20.8 Å². The third-order valence-corrected chi connectivity index (χ3v) is 5.62. The topological polar surface area (TPSA) is 120 Å². The molecule has 0 aliphatic heterocycles. The normalized spacial score (nSPS) is 10.9. The molecule has 35 heavy (non-hydrogen) atoms. The van der Waals surface area contributed by atoms with Crippen molar-refractivity contribution in [3.8, 4) is 11.5 Å². The van der Waals surface area contributed by atoms with Gasteiger partial charge >= 0.3 is 5.69 Å². The first-order chi connectivity index (χ1) is 16.7. The van der Waals surface area contributed by atoms with Gasteiger partial charge in [-0.25, -0.2) is 4.79 Å². The van der Waals surface area contributed by atoms with Gasteiger partial charge in [0.15, 0.2) is 17.2 Å². The highest BCUT2D eigenvalue weighted by Crippen LogP contribution is 2.28. The number of hydrogen-bond donors (Lipinski definition) is 2. The molecule has 186 valence electrons. The van der Waals surface area contributed by atoms with Crippen molar-refractivity contribution >= 4 is 17.4 Å². The van der Waals surface area contributed by atoms with Gasteiger partial charge < -0.3 is 20.1 Å². The minimum atomic E-state index is -0.693. The number of rotatable bonds is 10. The number of carbonyl (C=O) groups is 1. The molecule has 0 aliphatic carbocycles. The SMILES string of the molecule is COc1ccc(CCN(C(=O)CC(C)C)c2c(N)n(Cc3ccccc3)c(=O)[nH]c2=O)cc1OC. The molecule has 0 bridgehead atoms. The van der Waals surface area contributed by atoms with Crippen LogP contribution in [0.4, 0.5) is 11.5 Å². The van der Waals surface area contributed by atoms with Crippen LogP contribution < -0.4 is 31.4 Å². The molecule has 1 heterocycles. The second-order valence-corrected chi connectivity index (χ2v) is 8.65. The smallest absolute Gasteiger partial charge is 0.330 e. The van der Waals surface area contributed by atoms with Crippen LogP contribution in [0.25, 0.3) is 0 Å². The van der Waals surface area contributed by atoms with Crippen LogP contribution in [0.1, 0.15) is 31.4 Å². The molecule has 9 nitrogen and oxygen atoms in total. The minimum Gasteiger partial charge on any atom is -0.493 e. The first kappa shape index (κ1) is 25.6. The number of ether oxygens (including phenoxy) is 2. The number of nitrogens with two attached hydrogens (primary N) is 1. The van der Waals surface area contributed by atoms with Gasteiger partial charge in [-0.2, -0.15) is 0 Å².